The molecule has 3 aliphatic rings. The molecule has 0 saturated carbocycles. The van der Waals surface area contributed by atoms with Crippen LogP contribution in [-0.2, 0) is 21.4 Å². The molecule has 2 aliphatic heterocycles. The number of fused-ring (bicyclic) bond motifs is 3. The van der Waals surface area contributed by atoms with Crippen LogP contribution >= 0.6 is 11.6 Å². The molecule has 0 unspecified atom stereocenters. The first-order valence-corrected chi connectivity index (χ1v) is 14.1. The summed E-state index contributed by atoms with van der Waals surface area (Å²) in [6.45, 7) is 4.41. The number of halogens is 1. The molecule has 0 saturated heterocycles. The monoisotopic (exact) mass is 536 g/mol. The number of ether oxygens (including phenoxy) is 1. The van der Waals surface area contributed by atoms with Gasteiger partial charge in [0.25, 0.3) is 0 Å². The molecule has 2 bridgehead atoms. The molecule has 1 spiro atoms. The Morgan fingerprint density at radius 3 is 2.79 bits per heavy atom. The topological polar surface area (TPSA) is 70.1 Å². The number of anilines is 1. The van der Waals surface area contributed by atoms with Crippen molar-refractivity contribution >= 4 is 29.2 Å². The van der Waals surface area contributed by atoms with Crippen molar-refractivity contribution in [2.75, 3.05) is 38.2 Å². The first-order chi connectivity index (χ1) is 18.3. The summed E-state index contributed by atoms with van der Waals surface area (Å²) in [6, 6.07) is 11.9. The van der Waals surface area contributed by atoms with Crippen LogP contribution in [0.4, 0.5) is 5.69 Å². The van der Waals surface area contributed by atoms with Crippen molar-refractivity contribution < 1.29 is 19.4 Å². The van der Waals surface area contributed by atoms with Crippen LogP contribution in [0.1, 0.15) is 61.6 Å². The number of carboxylic acids is 1. The van der Waals surface area contributed by atoms with Crippen molar-refractivity contribution in [3.05, 3.63) is 70.3 Å². The van der Waals surface area contributed by atoms with E-state index in [2.05, 4.69) is 23.1 Å². The number of rotatable bonds is 1. The second kappa shape index (κ2) is 11.0. The highest BCUT2D eigenvalue weighted by Crippen LogP contribution is 2.45. The molecule has 0 radical (unpaired) electrons. The molecule has 202 valence electrons. The molecule has 1 amide bonds. The summed E-state index contributed by atoms with van der Waals surface area (Å²) in [7, 11) is 1.74. The van der Waals surface area contributed by atoms with E-state index in [1.165, 1.54) is 11.1 Å². The molecule has 0 aromatic heterocycles. The minimum Gasteiger partial charge on any atom is -0.490 e. The number of likely N-dealkylation sites (N-methyl/N-ethyl adjacent to an activating group) is 1. The molecule has 7 heteroatoms. The molecule has 0 fully saturated rings. The van der Waals surface area contributed by atoms with Crippen LogP contribution in [0.3, 0.4) is 0 Å². The van der Waals surface area contributed by atoms with E-state index in [9.17, 15) is 14.7 Å². The van der Waals surface area contributed by atoms with Gasteiger partial charge in [0, 0.05) is 37.1 Å². The normalized spacial score (nSPS) is 27.0. The van der Waals surface area contributed by atoms with E-state index in [0.29, 0.717) is 18.7 Å². The molecule has 2 aromatic carbocycles. The zero-order valence-corrected chi connectivity index (χ0v) is 23.0. The van der Waals surface area contributed by atoms with E-state index in [4.69, 9.17) is 16.3 Å². The summed E-state index contributed by atoms with van der Waals surface area (Å²) in [5, 5.41) is 11.0. The van der Waals surface area contributed by atoms with E-state index in [0.717, 1.165) is 68.1 Å². The first-order valence-electron chi connectivity index (χ1n) is 13.7. The van der Waals surface area contributed by atoms with Crippen LogP contribution in [0.25, 0.3) is 0 Å². The van der Waals surface area contributed by atoms with E-state index in [1.807, 2.05) is 30.3 Å². The standard InChI is InChI=1S/C31H37ClN2O4/c1-21-28(30(36)37)23-10-13-27-26(18-23)34(16-7-5-3-4-6-15-33(2)29(21)35)19-31(20-38-27)14-8-9-22-17-24(32)11-12-25(22)31/h4,6,10-13,17-18,21,28H,3,5,7-9,14-16,19-20H2,1-2H3,(H,36,37)/b6-4+/t21-,28+,31+/m1/s1. The van der Waals surface area contributed by atoms with Gasteiger partial charge in [-0.1, -0.05) is 42.8 Å². The average molecular weight is 537 g/mol. The second-order valence-corrected chi connectivity index (χ2v) is 11.6. The molecular weight excluding hydrogens is 500 g/mol. The van der Waals surface area contributed by atoms with Gasteiger partial charge in [-0.3, -0.25) is 9.59 Å². The van der Waals surface area contributed by atoms with E-state index < -0.39 is 17.8 Å². The molecule has 2 aromatic rings. The predicted molar refractivity (Wildman–Crippen MR) is 150 cm³/mol. The predicted octanol–water partition coefficient (Wildman–Crippen LogP) is 5.82. The summed E-state index contributed by atoms with van der Waals surface area (Å²) < 4.78 is 6.53. The SMILES string of the molecule is C[C@H]1C(=O)N(C)C/C=C/CCCCN2C[C@@]3(CCCc4cc(Cl)ccc43)COc3ccc(cc32)[C@H]1C(=O)O. The van der Waals surface area contributed by atoms with Gasteiger partial charge < -0.3 is 19.6 Å². The van der Waals surface area contributed by atoms with Gasteiger partial charge in [0.15, 0.2) is 0 Å². The van der Waals surface area contributed by atoms with Crippen LogP contribution in [-0.4, -0.2) is 55.2 Å². The Balaban J connectivity index is 1.58. The maximum Gasteiger partial charge on any atom is 0.311 e. The van der Waals surface area contributed by atoms with Crippen LogP contribution in [0.15, 0.2) is 48.6 Å². The fourth-order valence-corrected chi connectivity index (χ4v) is 6.70. The quantitative estimate of drug-likeness (QED) is 0.465. The van der Waals surface area contributed by atoms with Crippen LogP contribution in [0.5, 0.6) is 5.75 Å². The Hall–Kier alpha value is -2.99. The summed E-state index contributed by atoms with van der Waals surface area (Å²) in [5.74, 6) is -2.03. The van der Waals surface area contributed by atoms with E-state index in [1.54, 1.807) is 18.9 Å². The number of hydrogen-bond donors (Lipinski definition) is 1. The number of allylic oxidation sites excluding steroid dienone is 1. The van der Waals surface area contributed by atoms with Gasteiger partial charge in [-0.15, -0.1) is 0 Å². The maximum absolute atomic E-state index is 13.2. The van der Waals surface area contributed by atoms with Gasteiger partial charge in [-0.05, 0) is 79.5 Å². The molecule has 1 N–H and O–H groups in total. The van der Waals surface area contributed by atoms with Gasteiger partial charge in [-0.2, -0.15) is 0 Å². The lowest BCUT2D eigenvalue weighted by Gasteiger charge is -2.41. The highest BCUT2D eigenvalue weighted by Gasteiger charge is 2.42. The number of carboxylic acid groups (broad SMARTS) is 1. The van der Waals surface area contributed by atoms with Crippen LogP contribution < -0.4 is 9.64 Å². The number of carbonyl (C=O) groups excluding carboxylic acids is 1. The Labute approximate surface area is 230 Å². The van der Waals surface area contributed by atoms with Crippen molar-refractivity contribution in [2.45, 2.75) is 56.8 Å². The van der Waals surface area contributed by atoms with Gasteiger partial charge >= 0.3 is 5.97 Å². The van der Waals surface area contributed by atoms with Gasteiger partial charge in [-0.25, -0.2) is 0 Å². The minimum atomic E-state index is -0.991. The third-order valence-electron chi connectivity index (χ3n) is 8.55. The Bertz CT molecular complexity index is 1240. The molecule has 1 aliphatic carbocycles. The zero-order chi connectivity index (χ0) is 26.9. The van der Waals surface area contributed by atoms with Crippen molar-refractivity contribution in [3.63, 3.8) is 0 Å². The molecule has 3 atom stereocenters. The fraction of sp³-hybridized carbons (Fsp3) is 0.484. The Morgan fingerprint density at radius 1 is 1.13 bits per heavy atom. The molecule has 6 nitrogen and oxygen atoms in total. The number of hydrogen-bond acceptors (Lipinski definition) is 4. The van der Waals surface area contributed by atoms with Gasteiger partial charge in [0.05, 0.1) is 24.1 Å². The average Bonchev–Trinajstić information content (AvgIpc) is 3.04. The van der Waals surface area contributed by atoms with Crippen molar-refractivity contribution in [3.8, 4) is 5.75 Å². The molecule has 5 rings (SSSR count). The second-order valence-electron chi connectivity index (χ2n) is 11.2. The largest absolute Gasteiger partial charge is 0.490 e. The minimum absolute atomic E-state index is 0.168. The lowest BCUT2D eigenvalue weighted by molar-refractivity contribution is -0.145. The van der Waals surface area contributed by atoms with Crippen LogP contribution in [0, 0.1) is 5.92 Å². The lowest BCUT2D eigenvalue weighted by Crippen LogP contribution is -2.46. The van der Waals surface area contributed by atoms with Crippen molar-refractivity contribution in [2.24, 2.45) is 5.92 Å². The highest BCUT2D eigenvalue weighted by molar-refractivity contribution is 6.30. The molecule has 2 heterocycles. The van der Waals surface area contributed by atoms with E-state index >= 15 is 0 Å². The van der Waals surface area contributed by atoms with Gasteiger partial charge in [0.1, 0.15) is 5.75 Å². The third-order valence-corrected chi connectivity index (χ3v) is 8.78. The summed E-state index contributed by atoms with van der Waals surface area (Å²) in [4.78, 5) is 29.7. The number of benzene rings is 2. The Kier molecular flexibility index (Phi) is 7.71. The highest BCUT2D eigenvalue weighted by atomic mass is 35.5. The number of aryl methyl sites for hydroxylation is 1. The molecular formula is C31H37ClN2O4. The maximum atomic E-state index is 13.2. The smallest absolute Gasteiger partial charge is 0.311 e. The van der Waals surface area contributed by atoms with E-state index in [-0.39, 0.29) is 11.3 Å². The third kappa shape index (κ3) is 5.15. The lowest BCUT2D eigenvalue weighted by atomic mass is 9.70. The summed E-state index contributed by atoms with van der Waals surface area (Å²) in [5.41, 5.74) is 4.00. The summed E-state index contributed by atoms with van der Waals surface area (Å²) >= 11 is 6.36. The van der Waals surface area contributed by atoms with Crippen LogP contribution in [0.2, 0.25) is 5.02 Å². The zero-order valence-electron chi connectivity index (χ0n) is 22.3. The summed E-state index contributed by atoms with van der Waals surface area (Å²) in [6.07, 6.45) is 10.2. The van der Waals surface area contributed by atoms with Crippen molar-refractivity contribution in [1.82, 2.24) is 4.90 Å². The Morgan fingerprint density at radius 2 is 1.97 bits per heavy atom. The number of amides is 1. The first kappa shape index (κ1) is 26.6. The molecule has 38 heavy (non-hydrogen) atoms. The van der Waals surface area contributed by atoms with Crippen molar-refractivity contribution in [1.29, 1.82) is 0 Å². The number of aliphatic carboxylic acids is 1. The number of nitrogens with zero attached hydrogens (tertiary/aromatic N) is 2. The number of carbonyl (C=O) groups is 2. The van der Waals surface area contributed by atoms with Gasteiger partial charge in [0.2, 0.25) is 5.91 Å². The fourth-order valence-electron chi connectivity index (χ4n) is 6.50.